The van der Waals surface area contributed by atoms with Crippen molar-refractivity contribution in [2.45, 2.75) is 71.0 Å². The summed E-state index contributed by atoms with van der Waals surface area (Å²) < 4.78 is 0. The summed E-state index contributed by atoms with van der Waals surface area (Å²) in [5, 5.41) is 0. The highest BCUT2D eigenvalue weighted by molar-refractivity contribution is 4.94. The molecule has 1 aliphatic carbocycles. The Balaban J connectivity index is 2.01. The Kier molecular flexibility index (Phi) is 5.14. The number of likely N-dealkylation sites (N-methyl/N-ethyl adjacent to an activating group) is 1. The number of hydrogen-bond acceptors (Lipinski definition) is 3. The average Bonchev–Trinajstić information content (AvgIpc) is 2.38. The Morgan fingerprint density at radius 3 is 2.40 bits per heavy atom. The van der Waals surface area contributed by atoms with Crippen molar-refractivity contribution >= 4 is 0 Å². The van der Waals surface area contributed by atoms with E-state index in [1.165, 1.54) is 45.2 Å². The van der Waals surface area contributed by atoms with Gasteiger partial charge in [-0.15, -0.1) is 0 Å². The average molecular weight is 281 g/mol. The van der Waals surface area contributed by atoms with Gasteiger partial charge in [0.05, 0.1) is 0 Å². The molecular weight excluding hydrogens is 246 g/mol. The second-order valence-electron chi connectivity index (χ2n) is 8.36. The number of nitrogens with two attached hydrogens (primary N) is 1. The molecular formula is C17H35N3. The molecule has 0 aromatic carbocycles. The smallest absolute Gasteiger partial charge is 0.0250 e. The SMILES string of the molecule is CN(C)C1CCCN(C2CC(C(C)(C)C)CCC2N)C1. The molecule has 4 unspecified atom stereocenters. The fourth-order valence-electron chi connectivity index (χ4n) is 4.08. The summed E-state index contributed by atoms with van der Waals surface area (Å²) in [6.07, 6.45) is 6.48. The van der Waals surface area contributed by atoms with E-state index in [9.17, 15) is 0 Å². The van der Waals surface area contributed by atoms with Gasteiger partial charge in [0.15, 0.2) is 0 Å². The maximum absolute atomic E-state index is 6.48. The number of likely N-dealkylation sites (tertiary alicyclic amines) is 1. The third kappa shape index (κ3) is 3.75. The van der Waals surface area contributed by atoms with Crippen LogP contribution >= 0.6 is 0 Å². The van der Waals surface area contributed by atoms with E-state index in [2.05, 4.69) is 44.7 Å². The number of hydrogen-bond donors (Lipinski definition) is 1. The fraction of sp³-hybridized carbons (Fsp3) is 1.00. The zero-order valence-electron chi connectivity index (χ0n) is 14.2. The van der Waals surface area contributed by atoms with E-state index in [1.807, 2.05) is 0 Å². The van der Waals surface area contributed by atoms with Crippen molar-refractivity contribution in [1.29, 1.82) is 0 Å². The second-order valence-corrected chi connectivity index (χ2v) is 8.36. The Morgan fingerprint density at radius 1 is 1.10 bits per heavy atom. The highest BCUT2D eigenvalue weighted by Crippen LogP contribution is 2.39. The lowest BCUT2D eigenvalue weighted by molar-refractivity contribution is 0.0341. The van der Waals surface area contributed by atoms with Crippen LogP contribution in [0.5, 0.6) is 0 Å². The largest absolute Gasteiger partial charge is 0.326 e. The minimum absolute atomic E-state index is 0.384. The van der Waals surface area contributed by atoms with Crippen molar-refractivity contribution in [2.24, 2.45) is 17.1 Å². The lowest BCUT2D eigenvalue weighted by Crippen LogP contribution is -2.57. The standard InChI is InChI=1S/C17H35N3/c1-17(2,3)13-8-9-15(18)16(11-13)20-10-6-7-14(12-20)19(4)5/h13-16H,6-12,18H2,1-5H3. The van der Waals surface area contributed by atoms with Crippen molar-refractivity contribution < 1.29 is 0 Å². The predicted molar refractivity (Wildman–Crippen MR) is 86.8 cm³/mol. The molecule has 2 aliphatic rings. The van der Waals surface area contributed by atoms with E-state index in [4.69, 9.17) is 5.73 Å². The molecule has 0 amide bonds. The van der Waals surface area contributed by atoms with Crippen LogP contribution in [0.1, 0.15) is 52.9 Å². The molecule has 0 aromatic heterocycles. The Labute approximate surface area is 125 Å². The number of nitrogens with zero attached hydrogens (tertiary/aromatic N) is 2. The monoisotopic (exact) mass is 281 g/mol. The molecule has 2 rings (SSSR count). The van der Waals surface area contributed by atoms with Crippen LogP contribution in [0, 0.1) is 11.3 Å². The summed E-state index contributed by atoms with van der Waals surface area (Å²) >= 11 is 0. The maximum Gasteiger partial charge on any atom is 0.0250 e. The van der Waals surface area contributed by atoms with E-state index in [1.54, 1.807) is 0 Å². The van der Waals surface area contributed by atoms with Crippen LogP contribution in [0.2, 0.25) is 0 Å². The first-order valence-electron chi connectivity index (χ1n) is 8.45. The highest BCUT2D eigenvalue weighted by atomic mass is 15.2. The lowest BCUT2D eigenvalue weighted by atomic mass is 9.69. The van der Waals surface area contributed by atoms with Crippen molar-refractivity contribution in [1.82, 2.24) is 9.80 Å². The molecule has 2 N–H and O–H groups in total. The molecule has 3 heteroatoms. The first-order chi connectivity index (χ1) is 9.29. The van der Waals surface area contributed by atoms with Gasteiger partial charge in [0.1, 0.15) is 0 Å². The van der Waals surface area contributed by atoms with Crippen LogP contribution in [0.25, 0.3) is 0 Å². The van der Waals surface area contributed by atoms with E-state index in [-0.39, 0.29) is 0 Å². The molecule has 1 heterocycles. The van der Waals surface area contributed by atoms with Gasteiger partial charge in [-0.05, 0) is 64.1 Å². The van der Waals surface area contributed by atoms with Crippen molar-refractivity contribution in [3.05, 3.63) is 0 Å². The van der Waals surface area contributed by atoms with Gasteiger partial charge in [0.25, 0.3) is 0 Å². The van der Waals surface area contributed by atoms with Gasteiger partial charge < -0.3 is 10.6 Å². The Morgan fingerprint density at radius 2 is 1.80 bits per heavy atom. The summed E-state index contributed by atoms with van der Waals surface area (Å²) in [5.41, 5.74) is 6.91. The highest BCUT2D eigenvalue weighted by Gasteiger charge is 2.38. The lowest BCUT2D eigenvalue weighted by Gasteiger charge is -2.48. The topological polar surface area (TPSA) is 32.5 Å². The summed E-state index contributed by atoms with van der Waals surface area (Å²) in [6, 6.07) is 1.70. The number of rotatable bonds is 2. The minimum Gasteiger partial charge on any atom is -0.326 e. The van der Waals surface area contributed by atoms with Gasteiger partial charge in [-0.1, -0.05) is 20.8 Å². The zero-order valence-corrected chi connectivity index (χ0v) is 14.2. The van der Waals surface area contributed by atoms with Gasteiger partial charge in [0.2, 0.25) is 0 Å². The van der Waals surface area contributed by atoms with Crippen molar-refractivity contribution in [2.75, 3.05) is 27.2 Å². The molecule has 20 heavy (non-hydrogen) atoms. The van der Waals surface area contributed by atoms with E-state index in [0.29, 0.717) is 23.5 Å². The van der Waals surface area contributed by atoms with Crippen molar-refractivity contribution in [3.8, 4) is 0 Å². The molecule has 1 aliphatic heterocycles. The van der Waals surface area contributed by atoms with Crippen molar-refractivity contribution in [3.63, 3.8) is 0 Å². The third-order valence-electron chi connectivity index (χ3n) is 5.72. The predicted octanol–water partition coefficient (Wildman–Crippen LogP) is 2.55. The summed E-state index contributed by atoms with van der Waals surface area (Å²) in [4.78, 5) is 5.10. The van der Waals surface area contributed by atoms with Crippen LogP contribution in [0.3, 0.4) is 0 Å². The molecule has 0 radical (unpaired) electrons. The second kappa shape index (κ2) is 6.33. The van der Waals surface area contributed by atoms with E-state index >= 15 is 0 Å². The Hall–Kier alpha value is -0.120. The van der Waals surface area contributed by atoms with Gasteiger partial charge >= 0.3 is 0 Å². The van der Waals surface area contributed by atoms with E-state index in [0.717, 1.165) is 5.92 Å². The fourth-order valence-corrected chi connectivity index (χ4v) is 4.08. The molecule has 1 saturated heterocycles. The van der Waals surface area contributed by atoms with Crippen LogP contribution in [-0.2, 0) is 0 Å². The quantitative estimate of drug-likeness (QED) is 0.844. The van der Waals surface area contributed by atoms with Crippen LogP contribution < -0.4 is 5.73 Å². The molecule has 3 nitrogen and oxygen atoms in total. The summed E-state index contributed by atoms with van der Waals surface area (Å²) in [7, 11) is 4.43. The molecule has 1 saturated carbocycles. The summed E-state index contributed by atoms with van der Waals surface area (Å²) in [6.45, 7) is 9.64. The first kappa shape index (κ1) is 16.3. The van der Waals surface area contributed by atoms with Gasteiger partial charge in [-0.3, -0.25) is 4.90 Å². The Bertz CT molecular complexity index is 308. The molecule has 0 aromatic rings. The maximum atomic E-state index is 6.48. The molecule has 0 bridgehead atoms. The van der Waals surface area contributed by atoms with Crippen LogP contribution in [0.15, 0.2) is 0 Å². The minimum atomic E-state index is 0.384. The van der Waals surface area contributed by atoms with Crippen LogP contribution in [0.4, 0.5) is 0 Å². The van der Waals surface area contributed by atoms with Gasteiger partial charge in [-0.2, -0.15) is 0 Å². The molecule has 118 valence electrons. The summed E-state index contributed by atoms with van der Waals surface area (Å²) in [5.74, 6) is 0.826. The molecule has 4 atom stereocenters. The number of piperidine rings is 1. The van der Waals surface area contributed by atoms with E-state index < -0.39 is 0 Å². The zero-order chi connectivity index (χ0) is 14.9. The van der Waals surface area contributed by atoms with Gasteiger partial charge in [-0.25, -0.2) is 0 Å². The molecule has 2 fully saturated rings. The molecule has 0 spiro atoms. The third-order valence-corrected chi connectivity index (χ3v) is 5.72. The normalized spacial score (nSPS) is 37.4. The van der Waals surface area contributed by atoms with Gasteiger partial charge in [0, 0.05) is 24.7 Å². The first-order valence-corrected chi connectivity index (χ1v) is 8.45. The van der Waals surface area contributed by atoms with Crippen LogP contribution in [-0.4, -0.2) is 55.1 Å².